The lowest BCUT2D eigenvalue weighted by molar-refractivity contribution is -0.131. The van der Waals surface area contributed by atoms with E-state index in [4.69, 9.17) is 0 Å². The maximum atomic E-state index is 11.6. The minimum absolute atomic E-state index is 0.0731. The fourth-order valence-electron chi connectivity index (χ4n) is 1.68. The lowest BCUT2D eigenvalue weighted by Gasteiger charge is -2.31. The third-order valence-electron chi connectivity index (χ3n) is 2.44. The number of alkyl carbamates (subject to hydrolysis) is 1. The second kappa shape index (κ2) is 4.08. The minimum Gasteiger partial charge on any atom is -0.453 e. The number of nitrogens with zero attached hydrogens (tertiary/aromatic N) is 1. The van der Waals surface area contributed by atoms with Crippen LogP contribution in [0.1, 0.15) is 27.2 Å². The molecule has 86 valence electrons. The smallest absolute Gasteiger partial charge is 0.407 e. The fraction of sp³-hybridized carbons (Fsp3) is 0.800. The van der Waals surface area contributed by atoms with Crippen LogP contribution >= 0.6 is 0 Å². The topological polar surface area (TPSA) is 58.6 Å². The zero-order valence-electron chi connectivity index (χ0n) is 9.66. The molecule has 0 aromatic carbocycles. The van der Waals surface area contributed by atoms with Crippen molar-refractivity contribution in [3.63, 3.8) is 0 Å². The van der Waals surface area contributed by atoms with Crippen LogP contribution in [0.5, 0.6) is 0 Å². The summed E-state index contributed by atoms with van der Waals surface area (Å²) in [5.74, 6) is 0.0731. The van der Waals surface area contributed by atoms with Crippen molar-refractivity contribution in [2.75, 3.05) is 13.7 Å². The van der Waals surface area contributed by atoms with E-state index in [9.17, 15) is 9.59 Å². The van der Waals surface area contributed by atoms with Gasteiger partial charge in [-0.25, -0.2) is 4.79 Å². The van der Waals surface area contributed by atoms with Gasteiger partial charge in [-0.3, -0.25) is 4.79 Å². The van der Waals surface area contributed by atoms with Crippen LogP contribution in [0.2, 0.25) is 0 Å². The molecule has 0 saturated carbocycles. The maximum Gasteiger partial charge on any atom is 0.407 e. The normalized spacial score (nSPS) is 21.7. The van der Waals surface area contributed by atoms with Gasteiger partial charge >= 0.3 is 6.09 Å². The average Bonchev–Trinajstić information content (AvgIpc) is 2.45. The van der Waals surface area contributed by atoms with E-state index in [-0.39, 0.29) is 17.5 Å². The predicted octanol–water partition coefficient (Wildman–Crippen LogP) is 0.742. The average molecular weight is 214 g/mol. The summed E-state index contributed by atoms with van der Waals surface area (Å²) in [5, 5.41) is 2.64. The van der Waals surface area contributed by atoms with Crippen LogP contribution in [0.15, 0.2) is 0 Å². The first kappa shape index (κ1) is 11.8. The number of methoxy groups -OCH3 is 1. The first-order chi connectivity index (χ1) is 6.84. The van der Waals surface area contributed by atoms with E-state index in [2.05, 4.69) is 10.1 Å². The molecular formula is C10H18N2O3. The number of carbonyl (C=O) groups excluding carboxylic acids is 2. The molecule has 1 aliphatic heterocycles. The van der Waals surface area contributed by atoms with Gasteiger partial charge in [0.25, 0.3) is 0 Å². The Morgan fingerprint density at radius 2 is 2.13 bits per heavy atom. The van der Waals surface area contributed by atoms with Crippen molar-refractivity contribution < 1.29 is 14.3 Å². The Morgan fingerprint density at radius 1 is 1.53 bits per heavy atom. The van der Waals surface area contributed by atoms with Gasteiger partial charge in [-0.15, -0.1) is 0 Å². The summed E-state index contributed by atoms with van der Waals surface area (Å²) in [5.41, 5.74) is -0.191. The van der Waals surface area contributed by atoms with E-state index in [1.54, 1.807) is 4.90 Å². The molecule has 1 saturated heterocycles. The van der Waals surface area contributed by atoms with Crippen LogP contribution < -0.4 is 5.32 Å². The highest BCUT2D eigenvalue weighted by Crippen LogP contribution is 2.21. The molecule has 1 atom stereocenters. The summed E-state index contributed by atoms with van der Waals surface area (Å²) in [7, 11) is 1.31. The molecule has 2 amide bonds. The van der Waals surface area contributed by atoms with Gasteiger partial charge in [-0.1, -0.05) is 0 Å². The number of nitrogens with one attached hydrogen (secondary N) is 1. The molecular weight excluding hydrogens is 196 g/mol. The van der Waals surface area contributed by atoms with E-state index in [0.717, 1.165) is 0 Å². The second-order valence-electron chi connectivity index (χ2n) is 4.71. The van der Waals surface area contributed by atoms with Gasteiger partial charge in [0, 0.05) is 18.5 Å². The fourth-order valence-corrected chi connectivity index (χ4v) is 1.68. The van der Waals surface area contributed by atoms with Crippen molar-refractivity contribution in [2.24, 2.45) is 0 Å². The minimum atomic E-state index is -0.483. The van der Waals surface area contributed by atoms with E-state index in [0.29, 0.717) is 13.0 Å². The monoisotopic (exact) mass is 214 g/mol. The lowest BCUT2D eigenvalue weighted by atomic mass is 10.1. The van der Waals surface area contributed by atoms with Gasteiger partial charge in [0.2, 0.25) is 5.91 Å². The molecule has 1 N–H and O–H groups in total. The summed E-state index contributed by atoms with van der Waals surface area (Å²) in [6, 6.07) is -0.135. The molecule has 0 bridgehead atoms. The Balaban J connectivity index is 2.56. The first-order valence-electron chi connectivity index (χ1n) is 4.99. The predicted molar refractivity (Wildman–Crippen MR) is 55.4 cm³/mol. The SMILES string of the molecule is COC(=O)NC1CC(=O)N(C(C)(C)C)C1. The highest BCUT2D eigenvalue weighted by atomic mass is 16.5. The van der Waals surface area contributed by atoms with Crippen molar-refractivity contribution in [3.05, 3.63) is 0 Å². The number of hydrogen-bond donors (Lipinski definition) is 1. The zero-order valence-corrected chi connectivity index (χ0v) is 9.66. The Bertz CT molecular complexity index is 270. The molecule has 0 radical (unpaired) electrons. The van der Waals surface area contributed by atoms with Crippen LogP contribution in [0, 0.1) is 0 Å². The van der Waals surface area contributed by atoms with Crippen LogP contribution in [0.25, 0.3) is 0 Å². The maximum absolute atomic E-state index is 11.6. The molecule has 1 fully saturated rings. The number of ether oxygens (including phenoxy) is 1. The van der Waals surface area contributed by atoms with E-state index >= 15 is 0 Å². The number of likely N-dealkylation sites (tertiary alicyclic amines) is 1. The highest BCUT2D eigenvalue weighted by molar-refractivity contribution is 5.81. The van der Waals surface area contributed by atoms with Crippen LogP contribution in [0.4, 0.5) is 4.79 Å². The first-order valence-corrected chi connectivity index (χ1v) is 4.99. The molecule has 0 aromatic rings. The Hall–Kier alpha value is -1.26. The summed E-state index contributed by atoms with van der Waals surface area (Å²) < 4.78 is 4.49. The molecule has 5 nitrogen and oxygen atoms in total. The summed E-state index contributed by atoms with van der Waals surface area (Å²) >= 11 is 0. The Labute approximate surface area is 89.8 Å². The standard InChI is InChI=1S/C10H18N2O3/c1-10(2,3)12-6-7(5-8(12)13)11-9(14)15-4/h7H,5-6H2,1-4H3,(H,11,14). The van der Waals surface area contributed by atoms with Gasteiger partial charge in [-0.05, 0) is 20.8 Å². The number of amides is 2. The van der Waals surface area contributed by atoms with Gasteiger partial charge in [0.15, 0.2) is 0 Å². The third kappa shape index (κ3) is 2.84. The van der Waals surface area contributed by atoms with Crippen LogP contribution in [-0.4, -0.2) is 42.1 Å². The molecule has 0 aromatic heterocycles. The van der Waals surface area contributed by atoms with Crippen molar-refractivity contribution >= 4 is 12.0 Å². The molecule has 15 heavy (non-hydrogen) atoms. The van der Waals surface area contributed by atoms with Gasteiger partial charge in [0.05, 0.1) is 13.2 Å². The molecule has 5 heteroatoms. The number of carbonyl (C=O) groups is 2. The second-order valence-corrected chi connectivity index (χ2v) is 4.71. The Kier molecular flexibility index (Phi) is 3.21. The Morgan fingerprint density at radius 3 is 2.53 bits per heavy atom. The molecule has 0 spiro atoms. The molecule has 0 aliphatic carbocycles. The summed E-state index contributed by atoms with van der Waals surface area (Å²) in [4.78, 5) is 24.4. The van der Waals surface area contributed by atoms with Gasteiger partial charge in [0.1, 0.15) is 0 Å². The lowest BCUT2D eigenvalue weighted by Crippen LogP contribution is -2.44. The number of hydrogen-bond acceptors (Lipinski definition) is 3. The van der Waals surface area contributed by atoms with Crippen molar-refractivity contribution in [3.8, 4) is 0 Å². The van der Waals surface area contributed by atoms with Crippen LogP contribution in [0.3, 0.4) is 0 Å². The molecule has 1 aliphatic rings. The van der Waals surface area contributed by atoms with Gasteiger partial charge < -0.3 is 15.0 Å². The molecule has 1 rings (SSSR count). The van der Waals surface area contributed by atoms with E-state index in [1.807, 2.05) is 20.8 Å². The molecule has 1 unspecified atom stereocenters. The van der Waals surface area contributed by atoms with Crippen LogP contribution in [-0.2, 0) is 9.53 Å². The van der Waals surface area contributed by atoms with Crippen molar-refractivity contribution in [1.29, 1.82) is 0 Å². The number of rotatable bonds is 1. The van der Waals surface area contributed by atoms with E-state index in [1.165, 1.54) is 7.11 Å². The quantitative estimate of drug-likeness (QED) is 0.700. The van der Waals surface area contributed by atoms with Gasteiger partial charge in [-0.2, -0.15) is 0 Å². The zero-order chi connectivity index (χ0) is 11.6. The highest BCUT2D eigenvalue weighted by Gasteiger charge is 2.36. The van der Waals surface area contributed by atoms with Crippen molar-refractivity contribution in [1.82, 2.24) is 10.2 Å². The molecule has 1 heterocycles. The van der Waals surface area contributed by atoms with E-state index < -0.39 is 6.09 Å². The van der Waals surface area contributed by atoms with Crippen molar-refractivity contribution in [2.45, 2.75) is 38.8 Å². The summed E-state index contributed by atoms with van der Waals surface area (Å²) in [6.07, 6.45) is -0.129. The largest absolute Gasteiger partial charge is 0.453 e. The summed E-state index contributed by atoms with van der Waals surface area (Å²) in [6.45, 7) is 6.49. The third-order valence-corrected chi connectivity index (χ3v) is 2.44.